The molecule has 0 bridgehead atoms. The number of aryl methyl sites for hydroxylation is 1. The zero-order valence-corrected chi connectivity index (χ0v) is 13.4. The van der Waals surface area contributed by atoms with Crippen LogP contribution in [0, 0.1) is 6.92 Å². The molecule has 0 atom stereocenters. The maximum absolute atomic E-state index is 12.2. The SMILES string of the molecule is Cc1oc(-c2ccccc2)nc1CNS(=O)(=O)c1ccccc1. The molecule has 5 nitrogen and oxygen atoms in total. The van der Waals surface area contributed by atoms with Crippen LogP contribution in [0.2, 0.25) is 0 Å². The van der Waals surface area contributed by atoms with Gasteiger partial charge in [0.15, 0.2) is 0 Å². The van der Waals surface area contributed by atoms with Crippen molar-refractivity contribution in [1.29, 1.82) is 0 Å². The molecule has 2 aromatic carbocycles. The first-order valence-corrected chi connectivity index (χ1v) is 8.61. The average Bonchev–Trinajstić information content (AvgIpc) is 2.96. The lowest BCUT2D eigenvalue weighted by molar-refractivity contribution is 0.538. The van der Waals surface area contributed by atoms with Gasteiger partial charge in [-0.2, -0.15) is 0 Å². The van der Waals surface area contributed by atoms with Crippen molar-refractivity contribution in [3.63, 3.8) is 0 Å². The molecule has 0 aliphatic heterocycles. The van der Waals surface area contributed by atoms with Crippen LogP contribution in [-0.2, 0) is 16.6 Å². The minimum Gasteiger partial charge on any atom is -0.441 e. The van der Waals surface area contributed by atoms with E-state index >= 15 is 0 Å². The van der Waals surface area contributed by atoms with E-state index in [-0.39, 0.29) is 11.4 Å². The van der Waals surface area contributed by atoms with Gasteiger partial charge in [-0.1, -0.05) is 36.4 Å². The standard InChI is InChI=1S/C17H16N2O3S/c1-13-16(19-17(22-13)14-8-4-2-5-9-14)12-18-23(20,21)15-10-6-3-7-11-15/h2-11,18H,12H2,1H3. The lowest BCUT2D eigenvalue weighted by atomic mass is 10.2. The monoisotopic (exact) mass is 328 g/mol. The Labute approximate surface area is 135 Å². The highest BCUT2D eigenvalue weighted by Crippen LogP contribution is 2.21. The van der Waals surface area contributed by atoms with E-state index in [1.165, 1.54) is 0 Å². The number of hydrogen-bond donors (Lipinski definition) is 1. The van der Waals surface area contributed by atoms with Crippen molar-refractivity contribution < 1.29 is 12.8 Å². The third-order valence-electron chi connectivity index (χ3n) is 3.40. The van der Waals surface area contributed by atoms with Gasteiger partial charge in [0.05, 0.1) is 17.1 Å². The molecule has 6 heteroatoms. The van der Waals surface area contributed by atoms with Gasteiger partial charge < -0.3 is 4.42 Å². The molecule has 1 heterocycles. The van der Waals surface area contributed by atoms with Crippen LogP contribution in [0.4, 0.5) is 0 Å². The van der Waals surface area contributed by atoms with Crippen molar-refractivity contribution in [2.45, 2.75) is 18.4 Å². The third-order valence-corrected chi connectivity index (χ3v) is 4.81. The number of nitrogens with one attached hydrogen (secondary N) is 1. The third kappa shape index (κ3) is 3.49. The van der Waals surface area contributed by atoms with Crippen molar-refractivity contribution in [2.75, 3.05) is 0 Å². The van der Waals surface area contributed by atoms with Crippen LogP contribution in [0.5, 0.6) is 0 Å². The molecule has 0 radical (unpaired) electrons. The van der Waals surface area contributed by atoms with Crippen molar-refractivity contribution in [3.8, 4) is 11.5 Å². The summed E-state index contributed by atoms with van der Waals surface area (Å²) in [6.07, 6.45) is 0. The highest BCUT2D eigenvalue weighted by Gasteiger charge is 2.16. The second-order valence-corrected chi connectivity index (χ2v) is 6.79. The molecule has 0 amide bonds. The first-order chi connectivity index (χ1) is 11.1. The van der Waals surface area contributed by atoms with Gasteiger partial charge in [0, 0.05) is 5.56 Å². The molecule has 0 fully saturated rings. The minimum atomic E-state index is -3.56. The maximum atomic E-state index is 12.2. The van der Waals surface area contributed by atoms with E-state index in [2.05, 4.69) is 9.71 Å². The van der Waals surface area contributed by atoms with Gasteiger partial charge in [-0.05, 0) is 31.2 Å². The van der Waals surface area contributed by atoms with E-state index in [4.69, 9.17) is 4.42 Å². The van der Waals surface area contributed by atoms with Gasteiger partial charge in [0.25, 0.3) is 0 Å². The van der Waals surface area contributed by atoms with Gasteiger partial charge in [0.2, 0.25) is 15.9 Å². The molecule has 0 aliphatic rings. The summed E-state index contributed by atoms with van der Waals surface area (Å²) in [5.74, 6) is 1.08. The lowest BCUT2D eigenvalue weighted by Crippen LogP contribution is -2.23. The fourth-order valence-corrected chi connectivity index (χ4v) is 3.15. The normalized spacial score (nSPS) is 11.5. The predicted octanol–water partition coefficient (Wildman–Crippen LogP) is 3.13. The molecule has 1 aromatic heterocycles. The number of hydrogen-bond acceptors (Lipinski definition) is 4. The van der Waals surface area contributed by atoms with Gasteiger partial charge >= 0.3 is 0 Å². The molecule has 23 heavy (non-hydrogen) atoms. The minimum absolute atomic E-state index is 0.0827. The maximum Gasteiger partial charge on any atom is 0.240 e. The molecule has 0 saturated carbocycles. The number of sulfonamides is 1. The van der Waals surface area contributed by atoms with Gasteiger partial charge in [-0.3, -0.25) is 0 Å². The summed E-state index contributed by atoms with van der Waals surface area (Å²) >= 11 is 0. The topological polar surface area (TPSA) is 72.2 Å². The van der Waals surface area contributed by atoms with Crippen LogP contribution in [0.3, 0.4) is 0 Å². The van der Waals surface area contributed by atoms with Crippen LogP contribution in [0.25, 0.3) is 11.5 Å². The molecule has 0 saturated heterocycles. The highest BCUT2D eigenvalue weighted by atomic mass is 32.2. The van der Waals surface area contributed by atoms with E-state index in [0.29, 0.717) is 17.3 Å². The average molecular weight is 328 g/mol. The van der Waals surface area contributed by atoms with Crippen LogP contribution in [0.15, 0.2) is 70.0 Å². The fraction of sp³-hybridized carbons (Fsp3) is 0.118. The molecule has 1 N–H and O–H groups in total. The molecule has 3 rings (SSSR count). The highest BCUT2D eigenvalue weighted by molar-refractivity contribution is 7.89. The summed E-state index contributed by atoms with van der Waals surface area (Å²) in [7, 11) is -3.56. The number of rotatable bonds is 5. The zero-order chi connectivity index (χ0) is 16.3. The van der Waals surface area contributed by atoms with Crippen LogP contribution in [0.1, 0.15) is 11.5 Å². The van der Waals surface area contributed by atoms with E-state index in [1.807, 2.05) is 30.3 Å². The molecule has 3 aromatic rings. The lowest BCUT2D eigenvalue weighted by Gasteiger charge is -2.05. The number of nitrogens with zero attached hydrogens (tertiary/aromatic N) is 1. The number of aromatic nitrogens is 1. The molecular formula is C17H16N2O3S. The zero-order valence-electron chi connectivity index (χ0n) is 12.6. The molecule has 0 unspecified atom stereocenters. The Bertz CT molecular complexity index is 888. The summed E-state index contributed by atoms with van der Waals surface area (Å²) in [6.45, 7) is 1.85. The van der Waals surface area contributed by atoms with Crippen LogP contribution >= 0.6 is 0 Å². The Kier molecular flexibility index (Phi) is 4.27. The van der Waals surface area contributed by atoms with E-state index in [9.17, 15) is 8.42 Å². The van der Waals surface area contributed by atoms with E-state index in [1.54, 1.807) is 37.3 Å². The molecular weight excluding hydrogens is 312 g/mol. The second-order valence-electron chi connectivity index (χ2n) is 5.03. The van der Waals surface area contributed by atoms with Crippen LogP contribution < -0.4 is 4.72 Å². The van der Waals surface area contributed by atoms with Gasteiger partial charge in [-0.15, -0.1) is 0 Å². The predicted molar refractivity (Wildman–Crippen MR) is 87.1 cm³/mol. The fourth-order valence-electron chi connectivity index (χ4n) is 2.14. The van der Waals surface area contributed by atoms with E-state index < -0.39 is 10.0 Å². The first kappa shape index (κ1) is 15.5. The Morgan fingerprint density at radius 1 is 1.00 bits per heavy atom. The Morgan fingerprint density at radius 2 is 1.61 bits per heavy atom. The Morgan fingerprint density at radius 3 is 2.26 bits per heavy atom. The molecule has 118 valence electrons. The quantitative estimate of drug-likeness (QED) is 0.781. The van der Waals surface area contributed by atoms with Gasteiger partial charge in [0.1, 0.15) is 5.76 Å². The summed E-state index contributed by atoms with van der Waals surface area (Å²) < 4.78 is 32.6. The van der Waals surface area contributed by atoms with Crippen molar-refractivity contribution in [1.82, 2.24) is 9.71 Å². The number of oxazole rings is 1. The first-order valence-electron chi connectivity index (χ1n) is 7.13. The summed E-state index contributed by atoms with van der Waals surface area (Å²) in [6, 6.07) is 17.7. The summed E-state index contributed by atoms with van der Waals surface area (Å²) in [5, 5.41) is 0. The summed E-state index contributed by atoms with van der Waals surface area (Å²) in [4.78, 5) is 4.61. The van der Waals surface area contributed by atoms with Crippen molar-refractivity contribution in [3.05, 3.63) is 72.1 Å². The molecule has 0 aliphatic carbocycles. The van der Waals surface area contributed by atoms with Crippen molar-refractivity contribution >= 4 is 10.0 Å². The van der Waals surface area contributed by atoms with Crippen LogP contribution in [-0.4, -0.2) is 13.4 Å². The van der Waals surface area contributed by atoms with E-state index in [0.717, 1.165) is 5.56 Å². The van der Waals surface area contributed by atoms with Gasteiger partial charge in [-0.25, -0.2) is 18.1 Å². The number of benzene rings is 2. The smallest absolute Gasteiger partial charge is 0.240 e. The second kappa shape index (κ2) is 6.36. The molecule has 0 spiro atoms. The Balaban J connectivity index is 1.78. The largest absolute Gasteiger partial charge is 0.441 e. The van der Waals surface area contributed by atoms with Crippen molar-refractivity contribution in [2.24, 2.45) is 0 Å². The Hall–Kier alpha value is -2.44. The summed E-state index contributed by atoms with van der Waals surface area (Å²) in [5.41, 5.74) is 1.43.